The number of carbonyl (C=O) groups is 1. The first kappa shape index (κ1) is 8.05. The van der Waals surface area contributed by atoms with Crippen LogP contribution in [0, 0.1) is 0 Å². The molecule has 0 saturated heterocycles. The Hall–Kier alpha value is -1.57. The van der Waals surface area contributed by atoms with E-state index in [2.05, 4.69) is 12.2 Å². The van der Waals surface area contributed by atoms with Crippen LogP contribution in [0.2, 0.25) is 0 Å². The van der Waals surface area contributed by atoms with E-state index in [1.54, 1.807) is 0 Å². The fourth-order valence-electron chi connectivity index (χ4n) is 1.60. The molecule has 2 heteroatoms. The van der Waals surface area contributed by atoms with Crippen molar-refractivity contribution in [3.8, 4) is 0 Å². The van der Waals surface area contributed by atoms with Crippen molar-refractivity contribution in [1.82, 2.24) is 0 Å². The van der Waals surface area contributed by atoms with E-state index in [-0.39, 0.29) is 6.42 Å². The molecule has 0 amide bonds. The van der Waals surface area contributed by atoms with E-state index in [0.29, 0.717) is 0 Å². The van der Waals surface area contributed by atoms with Crippen LogP contribution in [0.3, 0.4) is 0 Å². The summed E-state index contributed by atoms with van der Waals surface area (Å²) in [6.45, 7) is 0. The van der Waals surface area contributed by atoms with Gasteiger partial charge in [-0.15, -0.1) is 0 Å². The first-order chi connectivity index (χ1) is 6.25. The van der Waals surface area contributed by atoms with E-state index in [9.17, 15) is 4.79 Å². The predicted molar refractivity (Wildman–Crippen MR) is 50.5 cm³/mol. The highest BCUT2D eigenvalue weighted by atomic mass is 16.4. The Morgan fingerprint density at radius 2 is 2.31 bits per heavy atom. The fourth-order valence-corrected chi connectivity index (χ4v) is 1.60. The third-order valence-corrected chi connectivity index (χ3v) is 2.20. The highest BCUT2D eigenvalue weighted by Gasteiger charge is 2.07. The normalized spacial score (nSPS) is 12.9. The van der Waals surface area contributed by atoms with Crippen LogP contribution >= 0.6 is 0 Å². The number of fused-ring (bicyclic) bond motifs is 1. The van der Waals surface area contributed by atoms with E-state index < -0.39 is 5.97 Å². The minimum Gasteiger partial charge on any atom is -0.481 e. The Morgan fingerprint density at radius 1 is 1.46 bits per heavy atom. The third-order valence-electron chi connectivity index (χ3n) is 2.20. The second-order valence-electron chi connectivity index (χ2n) is 3.21. The molecule has 1 N–H and O–H groups in total. The maximum atomic E-state index is 10.5. The molecule has 1 aromatic carbocycles. The zero-order valence-electron chi connectivity index (χ0n) is 7.16. The van der Waals surface area contributed by atoms with Crippen molar-refractivity contribution in [2.24, 2.45) is 0 Å². The number of hydrogen-bond acceptors (Lipinski definition) is 1. The molecule has 2 rings (SSSR count). The molecule has 0 saturated carbocycles. The first-order valence-electron chi connectivity index (χ1n) is 4.26. The molecule has 0 spiro atoms. The zero-order chi connectivity index (χ0) is 9.26. The van der Waals surface area contributed by atoms with Crippen LogP contribution in [0.1, 0.15) is 16.7 Å². The molecule has 0 radical (unpaired) electrons. The van der Waals surface area contributed by atoms with Gasteiger partial charge in [0, 0.05) is 0 Å². The number of aliphatic carboxylic acids is 1. The second kappa shape index (κ2) is 3.05. The van der Waals surface area contributed by atoms with Gasteiger partial charge in [-0.25, -0.2) is 0 Å². The van der Waals surface area contributed by atoms with E-state index in [1.165, 1.54) is 11.1 Å². The standard InChI is InChI=1S/C11H10O2/c12-11(13)7-8-4-5-9-2-1-3-10(9)6-8/h1-2,4-6H,3,7H2,(H,12,13). The highest BCUT2D eigenvalue weighted by molar-refractivity contribution is 5.71. The molecule has 1 aliphatic rings. The molecule has 66 valence electrons. The molecule has 0 fully saturated rings. The molecule has 0 aromatic heterocycles. The quantitative estimate of drug-likeness (QED) is 0.743. The molecule has 2 nitrogen and oxygen atoms in total. The Labute approximate surface area is 76.5 Å². The lowest BCUT2D eigenvalue weighted by Gasteiger charge is -2.01. The molecule has 0 bridgehead atoms. The van der Waals surface area contributed by atoms with Gasteiger partial charge < -0.3 is 5.11 Å². The summed E-state index contributed by atoms with van der Waals surface area (Å²) in [5.74, 6) is -0.772. The van der Waals surface area contributed by atoms with Gasteiger partial charge in [0.1, 0.15) is 0 Å². The van der Waals surface area contributed by atoms with Crippen molar-refractivity contribution < 1.29 is 9.90 Å². The third kappa shape index (κ3) is 1.61. The van der Waals surface area contributed by atoms with Crippen LogP contribution in [-0.2, 0) is 17.6 Å². The van der Waals surface area contributed by atoms with Crippen LogP contribution in [0.5, 0.6) is 0 Å². The van der Waals surface area contributed by atoms with Crippen molar-refractivity contribution in [1.29, 1.82) is 0 Å². The van der Waals surface area contributed by atoms with Gasteiger partial charge in [0.25, 0.3) is 0 Å². The summed E-state index contributed by atoms with van der Waals surface area (Å²) in [4.78, 5) is 10.5. The van der Waals surface area contributed by atoms with Crippen LogP contribution in [0.15, 0.2) is 24.3 Å². The molecule has 0 heterocycles. The lowest BCUT2D eigenvalue weighted by molar-refractivity contribution is -0.136. The van der Waals surface area contributed by atoms with Gasteiger partial charge in [0.15, 0.2) is 0 Å². The van der Waals surface area contributed by atoms with Crippen LogP contribution in [-0.4, -0.2) is 11.1 Å². The molecule has 0 unspecified atom stereocenters. The maximum absolute atomic E-state index is 10.5. The van der Waals surface area contributed by atoms with Gasteiger partial charge in [-0.3, -0.25) is 4.79 Å². The van der Waals surface area contributed by atoms with Crippen molar-refractivity contribution in [3.05, 3.63) is 41.0 Å². The second-order valence-corrected chi connectivity index (χ2v) is 3.21. The molecular formula is C11H10O2. The summed E-state index contributed by atoms with van der Waals surface area (Å²) < 4.78 is 0. The minimum absolute atomic E-state index is 0.118. The van der Waals surface area contributed by atoms with Crippen molar-refractivity contribution in [3.63, 3.8) is 0 Å². The molecule has 1 aromatic rings. The molecular weight excluding hydrogens is 164 g/mol. The predicted octanol–water partition coefficient (Wildman–Crippen LogP) is 1.88. The number of carboxylic acids is 1. The molecule has 0 aliphatic heterocycles. The SMILES string of the molecule is O=C(O)Cc1ccc2c(c1)CC=C2. The first-order valence-corrected chi connectivity index (χ1v) is 4.26. The number of carboxylic acid groups (broad SMARTS) is 1. The molecule has 13 heavy (non-hydrogen) atoms. The van der Waals surface area contributed by atoms with Crippen LogP contribution in [0.4, 0.5) is 0 Å². The lowest BCUT2D eigenvalue weighted by atomic mass is 10.0. The van der Waals surface area contributed by atoms with Gasteiger partial charge in [0.05, 0.1) is 6.42 Å². The average molecular weight is 174 g/mol. The summed E-state index contributed by atoms with van der Waals surface area (Å²) in [6, 6.07) is 5.84. The fraction of sp³-hybridized carbons (Fsp3) is 0.182. The van der Waals surface area contributed by atoms with Gasteiger partial charge in [-0.05, 0) is 23.1 Å². The van der Waals surface area contributed by atoms with E-state index in [4.69, 9.17) is 5.11 Å². The van der Waals surface area contributed by atoms with Gasteiger partial charge in [0.2, 0.25) is 0 Å². The average Bonchev–Trinajstić information content (AvgIpc) is 2.49. The molecule has 0 atom stereocenters. The smallest absolute Gasteiger partial charge is 0.307 e. The van der Waals surface area contributed by atoms with Crippen LogP contribution < -0.4 is 0 Å². The Bertz CT molecular complexity index is 378. The van der Waals surface area contributed by atoms with Crippen molar-refractivity contribution in [2.75, 3.05) is 0 Å². The summed E-state index contributed by atoms with van der Waals surface area (Å²) >= 11 is 0. The number of hydrogen-bond donors (Lipinski definition) is 1. The number of rotatable bonds is 2. The molecule has 1 aliphatic carbocycles. The minimum atomic E-state index is -0.772. The van der Waals surface area contributed by atoms with Gasteiger partial charge >= 0.3 is 5.97 Å². The maximum Gasteiger partial charge on any atom is 0.307 e. The summed E-state index contributed by atoms with van der Waals surface area (Å²) in [6.07, 6.45) is 5.21. The van der Waals surface area contributed by atoms with Crippen molar-refractivity contribution in [2.45, 2.75) is 12.8 Å². The van der Waals surface area contributed by atoms with E-state index >= 15 is 0 Å². The monoisotopic (exact) mass is 174 g/mol. The highest BCUT2D eigenvalue weighted by Crippen LogP contribution is 2.20. The lowest BCUT2D eigenvalue weighted by Crippen LogP contribution is -2.00. The summed E-state index contributed by atoms with van der Waals surface area (Å²) in [5.41, 5.74) is 3.34. The Kier molecular flexibility index (Phi) is 1.89. The van der Waals surface area contributed by atoms with Gasteiger partial charge in [-0.1, -0.05) is 30.4 Å². The van der Waals surface area contributed by atoms with E-state index in [1.807, 2.05) is 18.2 Å². The van der Waals surface area contributed by atoms with Gasteiger partial charge in [-0.2, -0.15) is 0 Å². The summed E-state index contributed by atoms with van der Waals surface area (Å²) in [7, 11) is 0. The largest absolute Gasteiger partial charge is 0.481 e. The number of allylic oxidation sites excluding steroid dienone is 1. The zero-order valence-corrected chi connectivity index (χ0v) is 7.16. The van der Waals surface area contributed by atoms with Crippen molar-refractivity contribution >= 4 is 12.0 Å². The van der Waals surface area contributed by atoms with E-state index in [0.717, 1.165) is 12.0 Å². The number of benzene rings is 1. The Balaban J connectivity index is 2.28. The van der Waals surface area contributed by atoms with Crippen LogP contribution in [0.25, 0.3) is 6.08 Å². The summed E-state index contributed by atoms with van der Waals surface area (Å²) in [5, 5.41) is 8.60. The topological polar surface area (TPSA) is 37.3 Å². The Morgan fingerprint density at radius 3 is 3.08 bits per heavy atom.